The summed E-state index contributed by atoms with van der Waals surface area (Å²) in [6.07, 6.45) is 10.5. The van der Waals surface area contributed by atoms with Gasteiger partial charge in [-0.05, 0) is 75.3 Å². The van der Waals surface area contributed by atoms with Crippen LogP contribution in [0.5, 0.6) is 0 Å². The van der Waals surface area contributed by atoms with E-state index in [0.29, 0.717) is 0 Å². The quantitative estimate of drug-likeness (QED) is 0.841. The van der Waals surface area contributed by atoms with Gasteiger partial charge >= 0.3 is 0 Å². The minimum Gasteiger partial charge on any atom is -0.310 e. The lowest BCUT2D eigenvalue weighted by atomic mass is 9.79. The number of hydrogen-bond acceptors (Lipinski definition) is 2. The van der Waals surface area contributed by atoms with Crippen LogP contribution in [0, 0.1) is 23.7 Å². The van der Waals surface area contributed by atoms with Crippen molar-refractivity contribution < 1.29 is 0 Å². The van der Waals surface area contributed by atoms with E-state index in [-0.39, 0.29) is 0 Å². The van der Waals surface area contributed by atoms with Crippen molar-refractivity contribution in [3.63, 3.8) is 0 Å². The molecule has 6 unspecified atom stereocenters. The topological polar surface area (TPSA) is 15.3 Å². The monoisotopic (exact) mass is 262 g/mol. The van der Waals surface area contributed by atoms with Crippen LogP contribution in [0.3, 0.4) is 0 Å². The van der Waals surface area contributed by atoms with E-state index in [9.17, 15) is 0 Å². The van der Waals surface area contributed by atoms with Crippen molar-refractivity contribution in [2.45, 2.75) is 64.0 Å². The number of rotatable bonds is 3. The van der Waals surface area contributed by atoms with Crippen molar-refractivity contribution in [3.05, 3.63) is 0 Å². The Kier molecular flexibility index (Phi) is 3.35. The molecule has 6 atom stereocenters. The average molecular weight is 262 g/mol. The molecule has 1 N–H and O–H groups in total. The fraction of sp³-hybridized carbons (Fsp3) is 1.00. The Bertz CT molecular complexity index is 329. The Labute approximate surface area is 118 Å². The van der Waals surface area contributed by atoms with Gasteiger partial charge in [0.2, 0.25) is 0 Å². The Morgan fingerprint density at radius 1 is 1.00 bits per heavy atom. The van der Waals surface area contributed by atoms with E-state index in [1.807, 2.05) is 0 Å². The van der Waals surface area contributed by atoms with Crippen molar-refractivity contribution >= 4 is 0 Å². The standard InChI is InChI=1S/C17H30N2/c1-2-19-8-4-5-13(11-19)18-17-10-12-9-16(17)15-7-3-6-14(12)15/h12-18H,2-11H2,1H3. The van der Waals surface area contributed by atoms with Crippen molar-refractivity contribution in [3.8, 4) is 0 Å². The number of hydrogen-bond donors (Lipinski definition) is 1. The molecule has 0 aromatic carbocycles. The van der Waals surface area contributed by atoms with Gasteiger partial charge in [-0.1, -0.05) is 13.3 Å². The number of piperidine rings is 1. The smallest absolute Gasteiger partial charge is 0.0198 e. The zero-order valence-corrected chi connectivity index (χ0v) is 12.5. The largest absolute Gasteiger partial charge is 0.310 e. The second-order valence-corrected chi connectivity index (χ2v) is 7.66. The predicted molar refractivity (Wildman–Crippen MR) is 79.1 cm³/mol. The summed E-state index contributed by atoms with van der Waals surface area (Å²) in [5.74, 6) is 4.40. The van der Waals surface area contributed by atoms with E-state index in [1.165, 1.54) is 45.3 Å². The third-order valence-electron chi connectivity index (χ3n) is 6.83. The summed E-state index contributed by atoms with van der Waals surface area (Å²) >= 11 is 0. The normalized spacial score (nSPS) is 49.7. The van der Waals surface area contributed by atoms with Gasteiger partial charge in [-0.2, -0.15) is 0 Å². The highest BCUT2D eigenvalue weighted by atomic mass is 15.2. The SMILES string of the molecule is CCN1CCCC(NC2CC3CC2C2CCCC32)C1. The van der Waals surface area contributed by atoms with E-state index in [1.54, 1.807) is 19.3 Å². The molecule has 1 aliphatic heterocycles. The molecule has 2 nitrogen and oxygen atoms in total. The third-order valence-corrected chi connectivity index (χ3v) is 6.83. The fourth-order valence-corrected chi connectivity index (χ4v) is 6.04. The first-order valence-electron chi connectivity index (χ1n) is 8.83. The second kappa shape index (κ2) is 5.04. The summed E-state index contributed by atoms with van der Waals surface area (Å²) in [5.41, 5.74) is 0. The summed E-state index contributed by atoms with van der Waals surface area (Å²) in [6, 6.07) is 1.67. The van der Waals surface area contributed by atoms with Crippen LogP contribution in [0.2, 0.25) is 0 Å². The first kappa shape index (κ1) is 12.6. The Balaban J connectivity index is 1.37. The fourth-order valence-electron chi connectivity index (χ4n) is 6.04. The van der Waals surface area contributed by atoms with E-state index in [0.717, 1.165) is 35.8 Å². The lowest BCUT2D eigenvalue weighted by Gasteiger charge is -2.38. The maximum absolute atomic E-state index is 4.08. The zero-order chi connectivity index (χ0) is 12.8. The molecule has 0 aromatic rings. The van der Waals surface area contributed by atoms with Crippen LogP contribution in [0.1, 0.15) is 51.9 Å². The molecule has 19 heavy (non-hydrogen) atoms. The maximum Gasteiger partial charge on any atom is 0.0198 e. The molecule has 4 fully saturated rings. The predicted octanol–water partition coefficient (Wildman–Crippen LogP) is 2.89. The lowest BCUT2D eigenvalue weighted by molar-refractivity contribution is 0.153. The van der Waals surface area contributed by atoms with Crippen LogP contribution in [-0.4, -0.2) is 36.6 Å². The van der Waals surface area contributed by atoms with Gasteiger partial charge < -0.3 is 10.2 Å². The number of fused-ring (bicyclic) bond motifs is 5. The zero-order valence-electron chi connectivity index (χ0n) is 12.5. The molecule has 0 amide bonds. The molecule has 4 rings (SSSR count). The molecule has 0 aromatic heterocycles. The molecule has 108 valence electrons. The molecule has 2 bridgehead atoms. The molecular formula is C17H30N2. The highest BCUT2D eigenvalue weighted by Crippen LogP contribution is 2.58. The van der Waals surface area contributed by atoms with Crippen molar-refractivity contribution in [1.29, 1.82) is 0 Å². The molecule has 1 heterocycles. The van der Waals surface area contributed by atoms with Crippen LogP contribution in [-0.2, 0) is 0 Å². The minimum atomic E-state index is 0.790. The Hall–Kier alpha value is -0.0800. The van der Waals surface area contributed by atoms with Crippen molar-refractivity contribution in [2.75, 3.05) is 19.6 Å². The van der Waals surface area contributed by atoms with E-state index in [2.05, 4.69) is 17.1 Å². The van der Waals surface area contributed by atoms with Crippen LogP contribution < -0.4 is 5.32 Å². The highest BCUT2D eigenvalue weighted by molar-refractivity contribution is 5.06. The Morgan fingerprint density at radius 3 is 2.79 bits per heavy atom. The van der Waals surface area contributed by atoms with E-state index < -0.39 is 0 Å². The average Bonchev–Trinajstić information content (AvgIpc) is 3.10. The molecule has 0 spiro atoms. The molecule has 3 saturated carbocycles. The lowest BCUT2D eigenvalue weighted by Crippen LogP contribution is -2.51. The second-order valence-electron chi connectivity index (χ2n) is 7.66. The number of nitrogens with one attached hydrogen (secondary N) is 1. The number of likely N-dealkylation sites (N-methyl/N-ethyl adjacent to an activating group) is 1. The van der Waals surface area contributed by atoms with Gasteiger partial charge in [0.05, 0.1) is 0 Å². The first-order valence-corrected chi connectivity index (χ1v) is 8.83. The van der Waals surface area contributed by atoms with Crippen LogP contribution in [0.15, 0.2) is 0 Å². The highest BCUT2D eigenvalue weighted by Gasteiger charge is 2.53. The molecule has 3 aliphatic carbocycles. The van der Waals surface area contributed by atoms with Gasteiger partial charge in [-0.25, -0.2) is 0 Å². The van der Waals surface area contributed by atoms with Crippen LogP contribution in [0.4, 0.5) is 0 Å². The summed E-state index contributed by atoms with van der Waals surface area (Å²) in [6.45, 7) is 6.18. The van der Waals surface area contributed by atoms with Crippen molar-refractivity contribution in [2.24, 2.45) is 23.7 Å². The van der Waals surface area contributed by atoms with Gasteiger partial charge in [0, 0.05) is 18.6 Å². The minimum absolute atomic E-state index is 0.790. The van der Waals surface area contributed by atoms with Gasteiger partial charge in [0.25, 0.3) is 0 Å². The molecule has 1 saturated heterocycles. The number of nitrogens with zero attached hydrogens (tertiary/aromatic N) is 1. The Morgan fingerprint density at radius 2 is 1.89 bits per heavy atom. The molecule has 2 heteroatoms. The molecular weight excluding hydrogens is 232 g/mol. The molecule has 0 radical (unpaired) electrons. The van der Waals surface area contributed by atoms with E-state index >= 15 is 0 Å². The van der Waals surface area contributed by atoms with E-state index in [4.69, 9.17) is 0 Å². The summed E-state index contributed by atoms with van der Waals surface area (Å²) in [5, 5.41) is 4.08. The van der Waals surface area contributed by atoms with Gasteiger partial charge in [-0.3, -0.25) is 0 Å². The van der Waals surface area contributed by atoms with Gasteiger partial charge in [0.1, 0.15) is 0 Å². The van der Waals surface area contributed by atoms with Crippen molar-refractivity contribution in [1.82, 2.24) is 10.2 Å². The van der Waals surface area contributed by atoms with Crippen LogP contribution in [0.25, 0.3) is 0 Å². The number of likely N-dealkylation sites (tertiary alicyclic amines) is 1. The summed E-state index contributed by atoms with van der Waals surface area (Å²) in [7, 11) is 0. The van der Waals surface area contributed by atoms with Gasteiger partial charge in [-0.15, -0.1) is 0 Å². The van der Waals surface area contributed by atoms with Gasteiger partial charge in [0.15, 0.2) is 0 Å². The summed E-state index contributed by atoms with van der Waals surface area (Å²) in [4.78, 5) is 2.63. The molecule has 4 aliphatic rings. The van der Waals surface area contributed by atoms with Crippen LogP contribution >= 0.6 is 0 Å². The third kappa shape index (κ3) is 2.15. The first-order chi connectivity index (χ1) is 9.35. The maximum atomic E-state index is 4.08. The summed E-state index contributed by atoms with van der Waals surface area (Å²) < 4.78 is 0.